The van der Waals surface area contributed by atoms with Gasteiger partial charge in [-0.25, -0.2) is 0 Å². The first-order valence-corrected chi connectivity index (χ1v) is 6.32. The van der Waals surface area contributed by atoms with E-state index in [2.05, 4.69) is 31.4 Å². The van der Waals surface area contributed by atoms with Gasteiger partial charge in [-0.05, 0) is 18.1 Å². The van der Waals surface area contributed by atoms with Crippen LogP contribution in [0.2, 0.25) is 0 Å². The Kier molecular flexibility index (Phi) is 4.38. The van der Waals surface area contributed by atoms with Gasteiger partial charge in [-0.2, -0.15) is 0 Å². The average Bonchev–Trinajstić information content (AvgIpc) is 2.73. The molecule has 18 heavy (non-hydrogen) atoms. The summed E-state index contributed by atoms with van der Waals surface area (Å²) in [6, 6.07) is 10.2. The van der Waals surface area contributed by atoms with Gasteiger partial charge in [0.25, 0.3) is 0 Å². The zero-order valence-electron chi connectivity index (χ0n) is 10.9. The topological polar surface area (TPSA) is 18.5 Å². The molecule has 0 aromatic heterocycles. The van der Waals surface area contributed by atoms with E-state index in [0.29, 0.717) is 13.2 Å². The average molecular weight is 244 g/mol. The lowest BCUT2D eigenvalue weighted by atomic mass is 9.88. The molecule has 1 aliphatic heterocycles. The molecule has 1 heterocycles. The fourth-order valence-electron chi connectivity index (χ4n) is 2.28. The molecular formula is C16H20O2. The Labute approximate surface area is 109 Å². The second-order valence-electron chi connectivity index (χ2n) is 5.14. The third-order valence-corrected chi connectivity index (χ3v) is 3.21. The third kappa shape index (κ3) is 3.58. The summed E-state index contributed by atoms with van der Waals surface area (Å²) in [6.07, 6.45) is 3.16. The highest BCUT2D eigenvalue weighted by Gasteiger charge is 2.34. The lowest BCUT2D eigenvalue weighted by molar-refractivity contribution is 0.00945. The van der Waals surface area contributed by atoms with E-state index in [1.54, 1.807) is 0 Å². The van der Waals surface area contributed by atoms with Crippen LogP contribution in [0, 0.1) is 5.41 Å². The molecule has 2 atom stereocenters. The molecule has 1 fully saturated rings. The quantitative estimate of drug-likeness (QED) is 0.740. The molecule has 96 valence electrons. The van der Waals surface area contributed by atoms with Gasteiger partial charge in [0.2, 0.25) is 0 Å². The van der Waals surface area contributed by atoms with Crippen molar-refractivity contribution in [3.8, 4) is 0 Å². The van der Waals surface area contributed by atoms with E-state index in [0.717, 1.165) is 13.0 Å². The minimum absolute atomic E-state index is 0.0719. The van der Waals surface area contributed by atoms with Crippen LogP contribution in [0.5, 0.6) is 0 Å². The Bertz CT molecular complexity index is 420. The predicted octanol–water partition coefficient (Wildman–Crippen LogP) is 3.34. The van der Waals surface area contributed by atoms with Crippen LogP contribution in [0.15, 0.2) is 48.7 Å². The minimum Gasteiger partial charge on any atom is -0.375 e. The third-order valence-electron chi connectivity index (χ3n) is 3.21. The fraction of sp³-hybridized carbons (Fsp3) is 0.438. The number of hydrogen-bond acceptors (Lipinski definition) is 2. The first kappa shape index (κ1) is 13.1. The molecule has 1 aromatic carbocycles. The van der Waals surface area contributed by atoms with Gasteiger partial charge >= 0.3 is 0 Å². The highest BCUT2D eigenvalue weighted by molar-refractivity contribution is 5.13. The first-order valence-electron chi connectivity index (χ1n) is 6.32. The SMILES string of the molecule is C=C=CC1(C)COC(COCc2ccccc2)C1. The van der Waals surface area contributed by atoms with Gasteiger partial charge in [0.05, 0.1) is 25.9 Å². The smallest absolute Gasteiger partial charge is 0.0818 e. The molecule has 2 rings (SSSR count). The summed E-state index contributed by atoms with van der Waals surface area (Å²) in [5.41, 5.74) is 4.13. The molecule has 0 saturated carbocycles. The predicted molar refractivity (Wildman–Crippen MR) is 72.3 cm³/mol. The Morgan fingerprint density at radius 1 is 1.50 bits per heavy atom. The van der Waals surface area contributed by atoms with Crippen LogP contribution < -0.4 is 0 Å². The van der Waals surface area contributed by atoms with E-state index in [1.165, 1.54) is 5.56 Å². The van der Waals surface area contributed by atoms with Crippen molar-refractivity contribution in [2.24, 2.45) is 5.41 Å². The molecule has 1 aromatic rings. The van der Waals surface area contributed by atoms with E-state index in [9.17, 15) is 0 Å². The number of rotatable bonds is 5. The maximum atomic E-state index is 5.74. The van der Waals surface area contributed by atoms with E-state index in [4.69, 9.17) is 9.47 Å². The summed E-state index contributed by atoms with van der Waals surface area (Å²) < 4.78 is 11.4. The molecule has 2 heteroatoms. The zero-order valence-corrected chi connectivity index (χ0v) is 10.9. The Morgan fingerprint density at radius 2 is 2.28 bits per heavy atom. The van der Waals surface area contributed by atoms with Crippen molar-refractivity contribution in [1.82, 2.24) is 0 Å². The number of ether oxygens (including phenoxy) is 2. The summed E-state index contributed by atoms with van der Waals surface area (Å²) in [5, 5.41) is 0. The summed E-state index contributed by atoms with van der Waals surface area (Å²) in [6.45, 7) is 7.82. The molecule has 0 N–H and O–H groups in total. The monoisotopic (exact) mass is 244 g/mol. The molecule has 2 unspecified atom stereocenters. The fourth-order valence-corrected chi connectivity index (χ4v) is 2.28. The normalized spacial score (nSPS) is 26.8. The highest BCUT2D eigenvalue weighted by Crippen LogP contribution is 2.33. The summed E-state index contributed by atoms with van der Waals surface area (Å²) >= 11 is 0. The molecule has 0 aliphatic carbocycles. The Balaban J connectivity index is 1.74. The van der Waals surface area contributed by atoms with Crippen molar-refractivity contribution < 1.29 is 9.47 Å². The lowest BCUT2D eigenvalue weighted by Crippen LogP contribution is -2.16. The number of benzene rings is 1. The van der Waals surface area contributed by atoms with Crippen molar-refractivity contribution >= 4 is 0 Å². The van der Waals surface area contributed by atoms with E-state index in [1.807, 2.05) is 24.3 Å². The maximum Gasteiger partial charge on any atom is 0.0818 e. The van der Waals surface area contributed by atoms with Crippen molar-refractivity contribution in [1.29, 1.82) is 0 Å². The number of hydrogen-bond donors (Lipinski definition) is 0. The van der Waals surface area contributed by atoms with E-state index in [-0.39, 0.29) is 11.5 Å². The Morgan fingerprint density at radius 3 is 3.00 bits per heavy atom. The van der Waals surface area contributed by atoms with Crippen molar-refractivity contribution in [3.63, 3.8) is 0 Å². The maximum absolute atomic E-state index is 5.74. The molecular weight excluding hydrogens is 224 g/mol. The second-order valence-corrected chi connectivity index (χ2v) is 5.14. The minimum atomic E-state index is 0.0719. The van der Waals surface area contributed by atoms with Gasteiger partial charge in [0, 0.05) is 5.41 Å². The van der Waals surface area contributed by atoms with Gasteiger partial charge in [-0.1, -0.05) is 43.8 Å². The molecule has 0 radical (unpaired) electrons. The van der Waals surface area contributed by atoms with Crippen molar-refractivity contribution in [2.75, 3.05) is 13.2 Å². The molecule has 0 spiro atoms. The van der Waals surface area contributed by atoms with Crippen molar-refractivity contribution in [3.05, 3.63) is 54.3 Å². The molecule has 0 amide bonds. The largest absolute Gasteiger partial charge is 0.375 e. The summed E-state index contributed by atoms with van der Waals surface area (Å²) in [7, 11) is 0. The van der Waals surface area contributed by atoms with Gasteiger partial charge in [0.15, 0.2) is 0 Å². The van der Waals surface area contributed by atoms with Gasteiger partial charge < -0.3 is 9.47 Å². The van der Waals surface area contributed by atoms with Crippen LogP contribution in [0.25, 0.3) is 0 Å². The standard InChI is InChI=1S/C16H20O2/c1-3-9-16(2)10-15(18-13-16)12-17-11-14-7-5-4-6-8-14/h4-9,15H,1,10-13H2,2H3. The highest BCUT2D eigenvalue weighted by atomic mass is 16.5. The molecule has 1 aliphatic rings. The van der Waals surface area contributed by atoms with E-state index >= 15 is 0 Å². The van der Waals surface area contributed by atoms with Crippen LogP contribution in [0.4, 0.5) is 0 Å². The van der Waals surface area contributed by atoms with Gasteiger partial charge in [0.1, 0.15) is 0 Å². The lowest BCUT2D eigenvalue weighted by Gasteiger charge is -2.15. The summed E-state index contributed by atoms with van der Waals surface area (Å²) in [5.74, 6) is 0. The molecule has 1 saturated heterocycles. The molecule has 2 nitrogen and oxygen atoms in total. The zero-order chi connectivity index (χ0) is 12.8. The van der Waals surface area contributed by atoms with Crippen LogP contribution in [-0.4, -0.2) is 19.3 Å². The first-order chi connectivity index (χ1) is 8.72. The molecule has 0 bridgehead atoms. The van der Waals surface area contributed by atoms with Crippen LogP contribution in [-0.2, 0) is 16.1 Å². The summed E-state index contributed by atoms with van der Waals surface area (Å²) in [4.78, 5) is 0. The second kappa shape index (κ2) is 6.01. The Hall–Kier alpha value is -1.34. The van der Waals surface area contributed by atoms with E-state index < -0.39 is 0 Å². The van der Waals surface area contributed by atoms with Crippen LogP contribution in [0.3, 0.4) is 0 Å². The van der Waals surface area contributed by atoms with Gasteiger partial charge in [-0.3, -0.25) is 0 Å². The van der Waals surface area contributed by atoms with Crippen LogP contribution >= 0.6 is 0 Å². The van der Waals surface area contributed by atoms with Gasteiger partial charge in [-0.15, -0.1) is 5.73 Å². The van der Waals surface area contributed by atoms with Crippen molar-refractivity contribution in [2.45, 2.75) is 26.1 Å². The van der Waals surface area contributed by atoms with Crippen LogP contribution in [0.1, 0.15) is 18.9 Å².